The maximum atomic E-state index is 13.4. The molecule has 5 heteroatoms. The summed E-state index contributed by atoms with van der Waals surface area (Å²) in [5.74, 6) is 0.171. The fourth-order valence-corrected chi connectivity index (χ4v) is 3.00. The molecule has 1 atom stereocenters. The van der Waals surface area contributed by atoms with Gasteiger partial charge in [-0.15, -0.1) is 0 Å². The van der Waals surface area contributed by atoms with E-state index in [1.54, 1.807) is 24.8 Å². The number of hydrogen-bond donors (Lipinski definition) is 0. The molecule has 0 spiro atoms. The highest BCUT2D eigenvalue weighted by Crippen LogP contribution is 2.34. The molecule has 1 amide bonds. The molecule has 3 rings (SSSR count). The van der Waals surface area contributed by atoms with E-state index in [1.807, 2.05) is 6.07 Å². The number of nitrogens with zero attached hydrogens (tertiary/aromatic N) is 2. The summed E-state index contributed by atoms with van der Waals surface area (Å²) < 4.78 is 18.5. The van der Waals surface area contributed by atoms with Gasteiger partial charge < -0.3 is 9.42 Å². The SMILES string of the molecule is Cc1noc(C)c1C(=O)N1CCCC1c1cccc(F)c1. The number of halogens is 1. The van der Waals surface area contributed by atoms with Gasteiger partial charge >= 0.3 is 0 Å². The average Bonchev–Trinajstić information content (AvgIpc) is 3.05. The number of carbonyl (C=O) groups is 1. The zero-order valence-electron chi connectivity index (χ0n) is 12.1. The van der Waals surface area contributed by atoms with Crippen LogP contribution in [0.3, 0.4) is 0 Å². The van der Waals surface area contributed by atoms with Crippen molar-refractivity contribution in [3.05, 3.63) is 52.7 Å². The zero-order valence-corrected chi connectivity index (χ0v) is 12.1. The van der Waals surface area contributed by atoms with Gasteiger partial charge in [0.1, 0.15) is 17.1 Å². The monoisotopic (exact) mass is 288 g/mol. The van der Waals surface area contributed by atoms with Gasteiger partial charge in [0.15, 0.2) is 0 Å². The fraction of sp³-hybridized carbons (Fsp3) is 0.375. The smallest absolute Gasteiger partial charge is 0.259 e. The van der Waals surface area contributed by atoms with Crippen LogP contribution in [0.2, 0.25) is 0 Å². The number of aromatic nitrogens is 1. The van der Waals surface area contributed by atoms with Gasteiger partial charge in [0.05, 0.1) is 11.7 Å². The van der Waals surface area contributed by atoms with Gasteiger partial charge in [-0.1, -0.05) is 17.3 Å². The molecule has 0 bridgehead atoms. The van der Waals surface area contributed by atoms with Crippen LogP contribution in [-0.4, -0.2) is 22.5 Å². The Morgan fingerprint density at radius 2 is 2.24 bits per heavy atom. The van der Waals surface area contributed by atoms with E-state index in [9.17, 15) is 9.18 Å². The van der Waals surface area contributed by atoms with Crippen LogP contribution >= 0.6 is 0 Å². The lowest BCUT2D eigenvalue weighted by molar-refractivity contribution is 0.0733. The summed E-state index contributed by atoms with van der Waals surface area (Å²) in [5.41, 5.74) is 1.97. The van der Waals surface area contributed by atoms with Crippen LogP contribution in [0.25, 0.3) is 0 Å². The van der Waals surface area contributed by atoms with E-state index in [0.29, 0.717) is 23.6 Å². The Morgan fingerprint density at radius 1 is 1.43 bits per heavy atom. The molecule has 1 fully saturated rings. The van der Waals surface area contributed by atoms with E-state index >= 15 is 0 Å². The first-order valence-corrected chi connectivity index (χ1v) is 7.07. The molecule has 4 nitrogen and oxygen atoms in total. The van der Waals surface area contributed by atoms with Crippen LogP contribution in [0, 0.1) is 19.7 Å². The molecule has 1 aromatic heterocycles. The molecule has 1 aliphatic heterocycles. The van der Waals surface area contributed by atoms with Gasteiger partial charge in [0.2, 0.25) is 0 Å². The molecular weight excluding hydrogens is 271 g/mol. The highest BCUT2D eigenvalue weighted by molar-refractivity contribution is 5.96. The van der Waals surface area contributed by atoms with Gasteiger partial charge in [-0.2, -0.15) is 0 Å². The highest BCUT2D eigenvalue weighted by Gasteiger charge is 2.33. The minimum absolute atomic E-state index is 0.0816. The van der Waals surface area contributed by atoms with Crippen LogP contribution in [0.5, 0.6) is 0 Å². The van der Waals surface area contributed by atoms with Gasteiger partial charge in [0.25, 0.3) is 5.91 Å². The van der Waals surface area contributed by atoms with Crippen molar-refractivity contribution >= 4 is 5.91 Å². The standard InChI is InChI=1S/C16H17FN2O2/c1-10-15(11(2)21-18-10)16(20)19-8-4-7-14(19)12-5-3-6-13(17)9-12/h3,5-6,9,14H,4,7-8H2,1-2H3. The fourth-order valence-electron chi connectivity index (χ4n) is 3.00. The minimum atomic E-state index is -0.274. The summed E-state index contributed by atoms with van der Waals surface area (Å²) >= 11 is 0. The largest absolute Gasteiger partial charge is 0.361 e. The quantitative estimate of drug-likeness (QED) is 0.850. The Morgan fingerprint density at radius 3 is 2.90 bits per heavy atom. The van der Waals surface area contributed by atoms with E-state index < -0.39 is 0 Å². The summed E-state index contributed by atoms with van der Waals surface area (Å²) in [6.07, 6.45) is 1.76. The van der Waals surface area contributed by atoms with E-state index in [0.717, 1.165) is 18.4 Å². The second-order valence-electron chi connectivity index (χ2n) is 5.41. The molecule has 1 unspecified atom stereocenters. The maximum Gasteiger partial charge on any atom is 0.259 e. The molecule has 1 aliphatic rings. The summed E-state index contributed by atoms with van der Waals surface area (Å²) in [6.45, 7) is 4.17. The normalized spacial score (nSPS) is 18.2. The van der Waals surface area contributed by atoms with E-state index in [1.165, 1.54) is 12.1 Å². The predicted molar refractivity (Wildman–Crippen MR) is 75.4 cm³/mol. The first-order chi connectivity index (χ1) is 10.1. The van der Waals surface area contributed by atoms with E-state index in [-0.39, 0.29) is 17.8 Å². The van der Waals surface area contributed by atoms with Crippen molar-refractivity contribution in [1.82, 2.24) is 10.1 Å². The zero-order chi connectivity index (χ0) is 15.0. The highest BCUT2D eigenvalue weighted by atomic mass is 19.1. The summed E-state index contributed by atoms with van der Waals surface area (Å²) in [4.78, 5) is 14.5. The van der Waals surface area contributed by atoms with Crippen molar-refractivity contribution < 1.29 is 13.7 Å². The topological polar surface area (TPSA) is 46.3 Å². The average molecular weight is 288 g/mol. The number of benzene rings is 1. The number of rotatable bonds is 2. The third-order valence-electron chi connectivity index (χ3n) is 3.99. The van der Waals surface area contributed by atoms with Gasteiger partial charge in [-0.05, 0) is 44.4 Å². The second-order valence-corrected chi connectivity index (χ2v) is 5.41. The van der Waals surface area contributed by atoms with Crippen LogP contribution in [0.1, 0.15) is 46.3 Å². The van der Waals surface area contributed by atoms with Crippen LogP contribution in [-0.2, 0) is 0 Å². The van der Waals surface area contributed by atoms with Gasteiger partial charge in [-0.3, -0.25) is 4.79 Å². The molecule has 1 aromatic carbocycles. The van der Waals surface area contributed by atoms with Crippen molar-refractivity contribution in [3.63, 3.8) is 0 Å². The number of hydrogen-bond acceptors (Lipinski definition) is 3. The first-order valence-electron chi connectivity index (χ1n) is 7.07. The molecule has 110 valence electrons. The molecule has 2 heterocycles. The third kappa shape index (κ3) is 2.44. The minimum Gasteiger partial charge on any atom is -0.361 e. The van der Waals surface area contributed by atoms with Crippen molar-refractivity contribution in [2.45, 2.75) is 32.7 Å². The summed E-state index contributed by atoms with van der Waals surface area (Å²) in [6, 6.07) is 6.39. The van der Waals surface area contributed by atoms with Crippen molar-refractivity contribution in [1.29, 1.82) is 0 Å². The van der Waals surface area contributed by atoms with Gasteiger partial charge in [-0.25, -0.2) is 4.39 Å². The number of amides is 1. The Balaban J connectivity index is 1.93. The van der Waals surface area contributed by atoms with Crippen molar-refractivity contribution in [3.8, 4) is 0 Å². The van der Waals surface area contributed by atoms with Gasteiger partial charge in [0, 0.05) is 6.54 Å². The number of carbonyl (C=O) groups excluding carboxylic acids is 1. The molecule has 0 N–H and O–H groups in total. The Labute approximate surface area is 122 Å². The second kappa shape index (κ2) is 5.31. The Hall–Kier alpha value is -2.17. The molecule has 1 saturated heterocycles. The third-order valence-corrected chi connectivity index (χ3v) is 3.99. The predicted octanol–water partition coefficient (Wildman–Crippen LogP) is 3.41. The molecule has 0 saturated carbocycles. The van der Waals surface area contributed by atoms with E-state index in [4.69, 9.17) is 4.52 Å². The summed E-state index contributed by atoms with van der Waals surface area (Å²) in [7, 11) is 0. The van der Waals surface area contributed by atoms with Crippen molar-refractivity contribution in [2.75, 3.05) is 6.54 Å². The molecule has 0 aliphatic carbocycles. The van der Waals surface area contributed by atoms with Crippen molar-refractivity contribution in [2.24, 2.45) is 0 Å². The lowest BCUT2D eigenvalue weighted by atomic mass is 10.0. The molecule has 2 aromatic rings. The lowest BCUT2D eigenvalue weighted by Gasteiger charge is -2.25. The number of likely N-dealkylation sites (tertiary alicyclic amines) is 1. The number of aryl methyl sites for hydroxylation is 2. The summed E-state index contributed by atoms with van der Waals surface area (Å²) in [5, 5.41) is 3.84. The molecule has 21 heavy (non-hydrogen) atoms. The maximum absolute atomic E-state index is 13.4. The lowest BCUT2D eigenvalue weighted by Crippen LogP contribution is -2.31. The Bertz CT molecular complexity index is 661. The molecular formula is C16H17FN2O2. The van der Waals surface area contributed by atoms with Crippen LogP contribution in [0.4, 0.5) is 4.39 Å². The Kier molecular flexibility index (Phi) is 3.49. The van der Waals surface area contributed by atoms with Crippen LogP contribution < -0.4 is 0 Å². The first kappa shape index (κ1) is 13.8. The molecule has 0 radical (unpaired) electrons. The van der Waals surface area contributed by atoms with Crippen LogP contribution in [0.15, 0.2) is 28.8 Å². The van der Waals surface area contributed by atoms with E-state index in [2.05, 4.69) is 5.16 Å².